The zero-order valence-electron chi connectivity index (χ0n) is 23.0. The van der Waals surface area contributed by atoms with Crippen LogP contribution in [0.2, 0.25) is 0 Å². The van der Waals surface area contributed by atoms with Crippen molar-refractivity contribution in [3.63, 3.8) is 0 Å². The van der Waals surface area contributed by atoms with Gasteiger partial charge in [-0.2, -0.15) is 0 Å². The van der Waals surface area contributed by atoms with E-state index >= 15 is 0 Å². The van der Waals surface area contributed by atoms with Gasteiger partial charge in [0.05, 0.1) is 6.04 Å². The van der Waals surface area contributed by atoms with Crippen LogP contribution >= 0.6 is 0 Å². The predicted molar refractivity (Wildman–Crippen MR) is 144 cm³/mol. The summed E-state index contributed by atoms with van der Waals surface area (Å²) in [6, 6.07) is 10.5. The van der Waals surface area contributed by atoms with Crippen molar-refractivity contribution in [3.8, 4) is 17.7 Å². The van der Waals surface area contributed by atoms with Crippen LogP contribution in [0.15, 0.2) is 36.4 Å². The van der Waals surface area contributed by atoms with Crippen LogP contribution in [-0.4, -0.2) is 38.7 Å². The topological polar surface area (TPSA) is 47.4 Å². The summed E-state index contributed by atoms with van der Waals surface area (Å²) in [7, 11) is 0. The lowest BCUT2D eigenvalue weighted by atomic mass is 10.0. The maximum atomic E-state index is 14.7. The molecule has 0 N–H and O–H groups in total. The van der Waals surface area contributed by atoms with E-state index < -0.39 is 23.3 Å². The Morgan fingerprint density at radius 3 is 2.47 bits per heavy atom. The average Bonchev–Trinajstić information content (AvgIpc) is 3.43. The lowest BCUT2D eigenvalue weighted by Gasteiger charge is -2.26. The minimum Gasteiger partial charge on any atom is -0.444 e. The number of hydrogen-bond donors (Lipinski definition) is 0. The maximum Gasteiger partial charge on any atom is 0.411 e. The molecule has 7 heteroatoms. The predicted octanol–water partition coefficient (Wildman–Crippen LogP) is 6.61. The molecule has 0 spiro atoms. The van der Waals surface area contributed by atoms with E-state index in [1.165, 1.54) is 0 Å². The standard InChI is InChI=1S/C31H35F2N3O2/c1-20-16-25(34-28(17-20)36-21(2)9-10-22(36)3)13-12-24-18-23(19-27(32)29(24)33)11-14-26-8-7-15-35(26)30(37)38-31(4,5)6/h9-10,16-19,26H,7-8,12-13,15H2,1-6H3/t26-/m0/s1. The lowest BCUT2D eigenvalue weighted by Crippen LogP contribution is -2.39. The van der Waals surface area contributed by atoms with Crippen LogP contribution in [0.4, 0.5) is 13.6 Å². The van der Waals surface area contributed by atoms with Crippen molar-refractivity contribution in [1.29, 1.82) is 0 Å². The molecule has 1 aliphatic rings. The summed E-state index contributed by atoms with van der Waals surface area (Å²) in [5, 5.41) is 0. The molecule has 3 heterocycles. The van der Waals surface area contributed by atoms with Crippen molar-refractivity contribution >= 4 is 6.09 Å². The van der Waals surface area contributed by atoms with E-state index in [1.54, 1.807) is 11.0 Å². The highest BCUT2D eigenvalue weighted by molar-refractivity contribution is 5.69. The van der Waals surface area contributed by atoms with E-state index in [0.717, 1.165) is 41.0 Å². The summed E-state index contributed by atoms with van der Waals surface area (Å²) in [4.78, 5) is 18.9. The molecule has 1 fully saturated rings. The molecule has 200 valence electrons. The Bertz CT molecular complexity index is 1390. The van der Waals surface area contributed by atoms with Gasteiger partial charge in [-0.3, -0.25) is 4.90 Å². The second kappa shape index (κ2) is 11.0. The van der Waals surface area contributed by atoms with Crippen LogP contribution in [0.25, 0.3) is 5.82 Å². The van der Waals surface area contributed by atoms with Crippen LogP contribution in [0.1, 0.15) is 67.4 Å². The summed E-state index contributed by atoms with van der Waals surface area (Å²) < 4.78 is 36.8. The molecule has 5 nitrogen and oxygen atoms in total. The van der Waals surface area contributed by atoms with Crippen molar-refractivity contribution in [1.82, 2.24) is 14.5 Å². The highest BCUT2D eigenvalue weighted by Gasteiger charge is 2.31. The Balaban J connectivity index is 1.52. The van der Waals surface area contributed by atoms with Crippen LogP contribution in [0.3, 0.4) is 0 Å². The molecule has 38 heavy (non-hydrogen) atoms. The highest BCUT2D eigenvalue weighted by atomic mass is 19.2. The van der Waals surface area contributed by atoms with E-state index in [1.807, 2.05) is 65.8 Å². The van der Waals surface area contributed by atoms with Crippen LogP contribution in [-0.2, 0) is 17.6 Å². The Morgan fingerprint density at radius 1 is 1.08 bits per heavy atom. The number of hydrogen-bond acceptors (Lipinski definition) is 3. The number of carbonyl (C=O) groups excluding carboxylic acids is 1. The van der Waals surface area contributed by atoms with Gasteiger partial charge >= 0.3 is 6.09 Å². The Hall–Kier alpha value is -3.66. The maximum absolute atomic E-state index is 14.7. The van der Waals surface area contributed by atoms with Crippen LogP contribution < -0.4 is 0 Å². The van der Waals surface area contributed by atoms with Gasteiger partial charge in [0.2, 0.25) is 0 Å². The van der Waals surface area contributed by atoms with E-state index in [2.05, 4.69) is 16.4 Å². The molecule has 0 saturated carbocycles. The summed E-state index contributed by atoms with van der Waals surface area (Å²) in [5.74, 6) is 5.06. The number of aryl methyl sites for hydroxylation is 5. The zero-order valence-corrected chi connectivity index (χ0v) is 23.0. The molecule has 1 amide bonds. The minimum absolute atomic E-state index is 0.253. The molecule has 0 bridgehead atoms. The average molecular weight is 520 g/mol. The largest absolute Gasteiger partial charge is 0.444 e. The molecule has 1 aliphatic heterocycles. The van der Waals surface area contributed by atoms with E-state index in [9.17, 15) is 13.6 Å². The quantitative estimate of drug-likeness (QED) is 0.364. The van der Waals surface area contributed by atoms with Crippen molar-refractivity contribution in [2.24, 2.45) is 0 Å². The molecular weight excluding hydrogens is 484 g/mol. The first-order valence-electron chi connectivity index (χ1n) is 13.0. The molecule has 1 atom stereocenters. The van der Waals surface area contributed by atoms with Gasteiger partial charge in [0.1, 0.15) is 11.4 Å². The number of nitrogens with zero attached hydrogens (tertiary/aromatic N) is 3. The lowest BCUT2D eigenvalue weighted by molar-refractivity contribution is 0.0261. The molecule has 0 radical (unpaired) electrons. The van der Waals surface area contributed by atoms with E-state index in [0.29, 0.717) is 24.9 Å². The first-order chi connectivity index (χ1) is 17.9. The Kier molecular flexibility index (Phi) is 7.91. The molecule has 0 aliphatic carbocycles. The summed E-state index contributed by atoms with van der Waals surface area (Å²) in [6.07, 6.45) is 1.86. The van der Waals surface area contributed by atoms with Crippen molar-refractivity contribution in [2.45, 2.75) is 78.9 Å². The van der Waals surface area contributed by atoms with Gasteiger partial charge in [0.25, 0.3) is 0 Å². The second-order valence-electron chi connectivity index (χ2n) is 11.0. The van der Waals surface area contributed by atoms with Crippen molar-refractivity contribution in [3.05, 3.63) is 81.8 Å². The summed E-state index contributed by atoms with van der Waals surface area (Å²) >= 11 is 0. The number of ether oxygens (including phenoxy) is 1. The number of carbonyl (C=O) groups is 1. The van der Waals surface area contributed by atoms with Gasteiger partial charge in [-0.05, 0) is 115 Å². The van der Waals surface area contributed by atoms with E-state index in [-0.39, 0.29) is 18.0 Å². The first kappa shape index (κ1) is 27.4. The Labute approximate surface area is 223 Å². The molecular formula is C31H35F2N3O2. The zero-order chi connectivity index (χ0) is 27.6. The number of amides is 1. The van der Waals surface area contributed by atoms with Gasteiger partial charge < -0.3 is 9.30 Å². The van der Waals surface area contributed by atoms with Gasteiger partial charge in [-0.15, -0.1) is 0 Å². The summed E-state index contributed by atoms with van der Waals surface area (Å²) in [5.41, 5.74) is 4.06. The fourth-order valence-electron chi connectivity index (χ4n) is 4.78. The SMILES string of the molecule is Cc1cc(CCc2cc(C#C[C@@H]3CCCN3C(=O)OC(C)(C)C)cc(F)c2F)nc(-n2c(C)ccc2C)c1. The van der Waals surface area contributed by atoms with Crippen LogP contribution in [0.5, 0.6) is 0 Å². The summed E-state index contributed by atoms with van der Waals surface area (Å²) in [6.45, 7) is 12.1. The van der Waals surface area contributed by atoms with E-state index in [4.69, 9.17) is 9.72 Å². The molecule has 0 unspecified atom stereocenters. The van der Waals surface area contributed by atoms with Gasteiger partial charge in [-0.25, -0.2) is 18.6 Å². The molecule has 1 aromatic carbocycles. The molecule has 4 rings (SSSR count). The Morgan fingerprint density at radius 2 is 1.79 bits per heavy atom. The van der Waals surface area contributed by atoms with Gasteiger partial charge in [0.15, 0.2) is 11.6 Å². The fraction of sp³-hybridized carbons (Fsp3) is 0.419. The molecule has 3 aromatic rings. The molecule has 2 aromatic heterocycles. The number of aromatic nitrogens is 2. The molecule has 1 saturated heterocycles. The third-order valence-electron chi connectivity index (χ3n) is 6.53. The van der Waals surface area contributed by atoms with Gasteiger partial charge in [0, 0.05) is 29.2 Å². The normalized spacial score (nSPS) is 15.4. The van der Waals surface area contributed by atoms with Gasteiger partial charge in [-0.1, -0.05) is 11.8 Å². The highest BCUT2D eigenvalue weighted by Crippen LogP contribution is 2.22. The first-order valence-corrected chi connectivity index (χ1v) is 13.0. The van der Waals surface area contributed by atoms with Crippen LogP contribution in [0, 0.1) is 44.2 Å². The monoisotopic (exact) mass is 519 g/mol. The number of benzene rings is 1. The fourth-order valence-corrected chi connectivity index (χ4v) is 4.78. The number of likely N-dealkylation sites (tertiary alicyclic amines) is 1. The minimum atomic E-state index is -0.932. The number of pyridine rings is 1. The third kappa shape index (κ3) is 6.42. The second-order valence-corrected chi connectivity index (χ2v) is 11.0. The smallest absolute Gasteiger partial charge is 0.411 e. The van der Waals surface area contributed by atoms with Crippen molar-refractivity contribution in [2.75, 3.05) is 6.54 Å². The number of halogens is 2. The van der Waals surface area contributed by atoms with Crippen molar-refractivity contribution < 1.29 is 18.3 Å². The number of rotatable bonds is 4. The third-order valence-corrected chi connectivity index (χ3v) is 6.53.